The molecule has 3 heterocycles. The molecule has 2 saturated heterocycles. The van der Waals surface area contributed by atoms with Crippen LogP contribution in [-0.2, 0) is 16.0 Å². The van der Waals surface area contributed by atoms with Gasteiger partial charge in [-0.15, -0.1) is 0 Å². The number of benzene rings is 1. The molecule has 4 rings (SSSR count). The largest absolute Gasteiger partial charge is 0.342 e. The molecule has 152 valence electrons. The van der Waals surface area contributed by atoms with Gasteiger partial charge >= 0.3 is 0 Å². The Labute approximate surface area is 164 Å². The smallest absolute Gasteiger partial charge is 0.251 e. The summed E-state index contributed by atoms with van der Waals surface area (Å²) in [5.41, 5.74) is 2.19. The van der Waals surface area contributed by atoms with E-state index in [0.29, 0.717) is 19.6 Å². The number of halogens is 2. The second kappa shape index (κ2) is 7.78. The molecule has 0 saturated carbocycles. The SMILES string of the molecule is O=C(C1CCCN(CC(=O)N2CCc3ccccc32)C1)N1CCC(F)(F)CC1. The van der Waals surface area contributed by atoms with Crippen molar-refractivity contribution in [1.29, 1.82) is 0 Å². The fourth-order valence-corrected chi connectivity index (χ4v) is 4.59. The van der Waals surface area contributed by atoms with Crippen molar-refractivity contribution < 1.29 is 18.4 Å². The molecule has 28 heavy (non-hydrogen) atoms. The molecule has 3 aliphatic rings. The van der Waals surface area contributed by atoms with E-state index in [9.17, 15) is 18.4 Å². The maximum absolute atomic E-state index is 13.4. The third kappa shape index (κ3) is 4.04. The highest BCUT2D eigenvalue weighted by Gasteiger charge is 2.38. The van der Waals surface area contributed by atoms with Gasteiger partial charge in [0.1, 0.15) is 0 Å². The summed E-state index contributed by atoms with van der Waals surface area (Å²) >= 11 is 0. The second-order valence-electron chi connectivity index (χ2n) is 8.18. The highest BCUT2D eigenvalue weighted by atomic mass is 19.3. The highest BCUT2D eigenvalue weighted by Crippen LogP contribution is 2.30. The normalized spacial score (nSPS) is 24.9. The Balaban J connectivity index is 1.33. The van der Waals surface area contributed by atoms with Gasteiger partial charge < -0.3 is 9.80 Å². The van der Waals surface area contributed by atoms with Gasteiger partial charge in [-0.2, -0.15) is 0 Å². The van der Waals surface area contributed by atoms with Crippen molar-refractivity contribution in [1.82, 2.24) is 9.80 Å². The molecule has 1 unspecified atom stereocenters. The van der Waals surface area contributed by atoms with E-state index in [1.54, 1.807) is 4.90 Å². The maximum atomic E-state index is 13.4. The number of hydrogen-bond donors (Lipinski definition) is 0. The summed E-state index contributed by atoms with van der Waals surface area (Å²) in [6.45, 7) is 2.60. The van der Waals surface area contributed by atoms with Gasteiger partial charge in [0.15, 0.2) is 0 Å². The van der Waals surface area contributed by atoms with Crippen molar-refractivity contribution in [3.05, 3.63) is 29.8 Å². The molecule has 1 atom stereocenters. The number of anilines is 1. The van der Waals surface area contributed by atoms with Crippen LogP contribution in [0, 0.1) is 5.92 Å². The van der Waals surface area contributed by atoms with E-state index in [1.807, 2.05) is 28.0 Å². The third-order valence-corrected chi connectivity index (χ3v) is 6.21. The van der Waals surface area contributed by atoms with Crippen LogP contribution in [-0.4, -0.2) is 66.8 Å². The zero-order valence-corrected chi connectivity index (χ0v) is 16.1. The number of nitrogens with zero attached hydrogens (tertiary/aromatic N) is 3. The fraction of sp³-hybridized carbons (Fsp3) is 0.619. The molecular formula is C21H27F2N3O2. The lowest BCUT2D eigenvalue weighted by Crippen LogP contribution is -2.50. The van der Waals surface area contributed by atoms with Gasteiger partial charge in [0.05, 0.1) is 12.5 Å². The van der Waals surface area contributed by atoms with Crippen molar-refractivity contribution in [3.8, 4) is 0 Å². The molecule has 7 heteroatoms. The maximum Gasteiger partial charge on any atom is 0.251 e. The topological polar surface area (TPSA) is 43.9 Å². The van der Waals surface area contributed by atoms with E-state index in [1.165, 1.54) is 5.56 Å². The van der Waals surface area contributed by atoms with Crippen molar-refractivity contribution in [2.45, 2.75) is 38.0 Å². The summed E-state index contributed by atoms with van der Waals surface area (Å²) in [6, 6.07) is 7.97. The van der Waals surface area contributed by atoms with Gasteiger partial charge in [-0.1, -0.05) is 18.2 Å². The quantitative estimate of drug-likeness (QED) is 0.796. The first-order chi connectivity index (χ1) is 13.4. The van der Waals surface area contributed by atoms with Crippen LogP contribution in [0.4, 0.5) is 14.5 Å². The number of hydrogen-bond acceptors (Lipinski definition) is 3. The standard InChI is InChI=1S/C21H27F2N3O2/c22-21(23)8-12-25(13-9-21)20(28)17-5-3-10-24(14-17)15-19(27)26-11-7-16-4-1-2-6-18(16)26/h1-2,4,6,17H,3,5,7-15H2. The monoisotopic (exact) mass is 391 g/mol. The molecule has 0 radical (unpaired) electrons. The predicted octanol–water partition coefficient (Wildman–Crippen LogP) is 2.55. The number of amides is 2. The number of rotatable bonds is 3. The molecule has 3 aliphatic heterocycles. The average Bonchev–Trinajstić information content (AvgIpc) is 3.12. The first kappa shape index (κ1) is 19.3. The zero-order chi connectivity index (χ0) is 19.7. The summed E-state index contributed by atoms with van der Waals surface area (Å²) in [4.78, 5) is 31.1. The van der Waals surface area contributed by atoms with E-state index in [-0.39, 0.29) is 43.7 Å². The van der Waals surface area contributed by atoms with Crippen molar-refractivity contribution in [2.75, 3.05) is 44.2 Å². The van der Waals surface area contributed by atoms with E-state index in [4.69, 9.17) is 0 Å². The number of likely N-dealkylation sites (tertiary alicyclic amines) is 2. The van der Waals surface area contributed by atoms with Crippen molar-refractivity contribution in [2.24, 2.45) is 5.92 Å². The van der Waals surface area contributed by atoms with Crippen LogP contribution in [0.1, 0.15) is 31.2 Å². The van der Waals surface area contributed by atoms with Crippen LogP contribution in [0.25, 0.3) is 0 Å². The Kier molecular flexibility index (Phi) is 5.36. The van der Waals surface area contributed by atoms with Crippen LogP contribution < -0.4 is 4.90 Å². The van der Waals surface area contributed by atoms with Crippen LogP contribution in [0.2, 0.25) is 0 Å². The number of alkyl halides is 2. The summed E-state index contributed by atoms with van der Waals surface area (Å²) in [5.74, 6) is -2.80. The molecular weight excluding hydrogens is 364 g/mol. The summed E-state index contributed by atoms with van der Waals surface area (Å²) < 4.78 is 26.7. The van der Waals surface area contributed by atoms with Gasteiger partial charge in [0.25, 0.3) is 5.92 Å². The van der Waals surface area contributed by atoms with Crippen LogP contribution >= 0.6 is 0 Å². The minimum Gasteiger partial charge on any atom is -0.342 e. The molecule has 0 N–H and O–H groups in total. The molecule has 1 aromatic carbocycles. The third-order valence-electron chi connectivity index (χ3n) is 6.21. The number of carbonyl (C=O) groups excluding carboxylic acids is 2. The van der Waals surface area contributed by atoms with Crippen LogP contribution in [0.15, 0.2) is 24.3 Å². The zero-order valence-electron chi connectivity index (χ0n) is 16.1. The highest BCUT2D eigenvalue weighted by molar-refractivity contribution is 5.96. The molecule has 1 aromatic rings. The Bertz CT molecular complexity index is 745. The molecule has 2 fully saturated rings. The average molecular weight is 391 g/mol. The van der Waals surface area contributed by atoms with E-state index in [2.05, 4.69) is 6.07 Å². The van der Waals surface area contributed by atoms with Gasteiger partial charge in [-0.05, 0) is 37.4 Å². The molecule has 0 aromatic heterocycles. The lowest BCUT2D eigenvalue weighted by atomic mass is 9.95. The minimum atomic E-state index is -2.65. The minimum absolute atomic E-state index is 0.0285. The second-order valence-corrected chi connectivity index (χ2v) is 8.18. The molecule has 0 spiro atoms. The van der Waals surface area contributed by atoms with Crippen molar-refractivity contribution >= 4 is 17.5 Å². The Hall–Kier alpha value is -2.02. The fourth-order valence-electron chi connectivity index (χ4n) is 4.59. The van der Waals surface area contributed by atoms with E-state index < -0.39 is 5.92 Å². The number of para-hydroxylation sites is 1. The number of piperidine rings is 2. The lowest BCUT2D eigenvalue weighted by Gasteiger charge is -2.37. The Morgan fingerprint density at radius 1 is 1.07 bits per heavy atom. The molecule has 0 bridgehead atoms. The molecule has 2 amide bonds. The van der Waals surface area contributed by atoms with E-state index in [0.717, 1.165) is 31.5 Å². The summed E-state index contributed by atoms with van der Waals surface area (Å²) in [5, 5.41) is 0. The van der Waals surface area contributed by atoms with Gasteiger partial charge in [0.2, 0.25) is 11.8 Å². The first-order valence-electron chi connectivity index (χ1n) is 10.2. The molecule has 5 nitrogen and oxygen atoms in total. The van der Waals surface area contributed by atoms with Gasteiger partial charge in [-0.3, -0.25) is 14.5 Å². The van der Waals surface area contributed by atoms with Crippen LogP contribution in [0.3, 0.4) is 0 Å². The number of carbonyl (C=O) groups is 2. The van der Waals surface area contributed by atoms with Gasteiger partial charge in [0, 0.05) is 44.7 Å². The number of fused-ring (bicyclic) bond motifs is 1. The van der Waals surface area contributed by atoms with Crippen LogP contribution in [0.5, 0.6) is 0 Å². The predicted molar refractivity (Wildman–Crippen MR) is 102 cm³/mol. The molecule has 0 aliphatic carbocycles. The Morgan fingerprint density at radius 3 is 2.61 bits per heavy atom. The lowest BCUT2D eigenvalue weighted by molar-refractivity contribution is -0.143. The summed E-state index contributed by atoms with van der Waals surface area (Å²) in [7, 11) is 0. The van der Waals surface area contributed by atoms with E-state index >= 15 is 0 Å². The summed E-state index contributed by atoms with van der Waals surface area (Å²) in [6.07, 6.45) is 2.00. The van der Waals surface area contributed by atoms with Gasteiger partial charge in [-0.25, -0.2) is 8.78 Å². The Morgan fingerprint density at radius 2 is 1.82 bits per heavy atom. The van der Waals surface area contributed by atoms with Crippen molar-refractivity contribution in [3.63, 3.8) is 0 Å². The first-order valence-corrected chi connectivity index (χ1v) is 10.2.